The predicted octanol–water partition coefficient (Wildman–Crippen LogP) is 4.74. The molecule has 25 heavy (non-hydrogen) atoms. The van der Waals surface area contributed by atoms with Crippen molar-refractivity contribution in [2.75, 3.05) is 10.8 Å². The monoisotopic (exact) mass is 373 g/mol. The number of hydrogen-bond acceptors (Lipinski definition) is 3. The van der Waals surface area contributed by atoms with E-state index in [4.69, 9.17) is 16.0 Å². The molecule has 0 fully saturated rings. The summed E-state index contributed by atoms with van der Waals surface area (Å²) in [5.74, 6) is 0.543. The molecule has 6 heteroatoms. The van der Waals surface area contributed by atoms with Crippen molar-refractivity contribution < 1.29 is 12.8 Å². The standard InChI is InChI=1S/C19H16ClNO3S/c20-17-10-9-15(13-16(17)19-8-4-12-24-19)25(22,23)21-11-3-6-14-5-1-2-7-18(14)21/h1-2,4-5,7-10,12-13H,3,6,11H2. The van der Waals surface area contributed by atoms with E-state index in [0.717, 1.165) is 24.1 Å². The Morgan fingerprint density at radius 1 is 1.04 bits per heavy atom. The second-order valence-electron chi connectivity index (χ2n) is 5.93. The van der Waals surface area contributed by atoms with Crippen LogP contribution in [-0.2, 0) is 16.4 Å². The third kappa shape index (κ3) is 2.83. The molecule has 0 bridgehead atoms. The molecule has 0 radical (unpaired) electrons. The third-order valence-corrected chi connectivity index (χ3v) is 6.52. The van der Waals surface area contributed by atoms with Crippen LogP contribution in [0.15, 0.2) is 70.2 Å². The van der Waals surface area contributed by atoms with Crippen LogP contribution < -0.4 is 4.31 Å². The number of halogens is 1. The highest BCUT2D eigenvalue weighted by Gasteiger charge is 2.29. The van der Waals surface area contributed by atoms with Crippen LogP contribution in [0.5, 0.6) is 0 Å². The largest absolute Gasteiger partial charge is 0.464 e. The number of fused-ring (bicyclic) bond motifs is 1. The Labute approximate surface area is 151 Å². The Kier molecular flexibility index (Phi) is 4.06. The van der Waals surface area contributed by atoms with Crippen LogP contribution in [0.2, 0.25) is 5.02 Å². The van der Waals surface area contributed by atoms with Crippen LogP contribution in [0.3, 0.4) is 0 Å². The molecule has 3 aromatic rings. The number of furan rings is 1. The first-order valence-corrected chi connectivity index (χ1v) is 9.83. The number of benzene rings is 2. The molecule has 4 nitrogen and oxygen atoms in total. The van der Waals surface area contributed by atoms with Gasteiger partial charge in [0.2, 0.25) is 0 Å². The van der Waals surface area contributed by atoms with E-state index in [-0.39, 0.29) is 4.90 Å². The molecular formula is C19H16ClNO3S. The normalized spacial score (nSPS) is 14.4. The highest BCUT2D eigenvalue weighted by Crippen LogP contribution is 2.35. The van der Waals surface area contributed by atoms with Gasteiger partial charge in [-0.25, -0.2) is 8.42 Å². The number of rotatable bonds is 3. The van der Waals surface area contributed by atoms with Gasteiger partial charge in [-0.2, -0.15) is 0 Å². The lowest BCUT2D eigenvalue weighted by Gasteiger charge is -2.30. The van der Waals surface area contributed by atoms with Gasteiger partial charge in [0.05, 0.1) is 21.9 Å². The minimum Gasteiger partial charge on any atom is -0.464 e. The minimum atomic E-state index is -3.67. The van der Waals surface area contributed by atoms with Crippen molar-refractivity contribution in [3.05, 3.63) is 71.4 Å². The molecular weight excluding hydrogens is 358 g/mol. The van der Waals surface area contributed by atoms with Crippen molar-refractivity contribution in [1.29, 1.82) is 0 Å². The SMILES string of the molecule is O=S(=O)(c1ccc(Cl)c(-c2ccco2)c1)N1CCCc2ccccc21. The molecule has 4 rings (SSSR count). The zero-order valence-electron chi connectivity index (χ0n) is 13.4. The maximum atomic E-state index is 13.2. The third-order valence-electron chi connectivity index (χ3n) is 4.38. The maximum Gasteiger partial charge on any atom is 0.264 e. The van der Waals surface area contributed by atoms with Gasteiger partial charge >= 0.3 is 0 Å². The second kappa shape index (κ2) is 6.24. The minimum absolute atomic E-state index is 0.208. The molecule has 0 spiro atoms. The zero-order valence-corrected chi connectivity index (χ0v) is 14.9. The molecule has 0 amide bonds. The fourth-order valence-corrected chi connectivity index (χ4v) is 4.94. The van der Waals surface area contributed by atoms with Gasteiger partial charge in [0.15, 0.2) is 0 Å². The molecule has 0 N–H and O–H groups in total. The van der Waals surface area contributed by atoms with Gasteiger partial charge in [-0.3, -0.25) is 4.31 Å². The predicted molar refractivity (Wildman–Crippen MR) is 98.4 cm³/mol. The van der Waals surface area contributed by atoms with Crippen LogP contribution in [0.1, 0.15) is 12.0 Å². The van der Waals surface area contributed by atoms with Gasteiger partial charge in [-0.15, -0.1) is 0 Å². The summed E-state index contributed by atoms with van der Waals surface area (Å²) in [7, 11) is -3.67. The number of sulfonamides is 1. The average molecular weight is 374 g/mol. The fraction of sp³-hybridized carbons (Fsp3) is 0.158. The van der Waals surface area contributed by atoms with E-state index >= 15 is 0 Å². The van der Waals surface area contributed by atoms with Crippen molar-refractivity contribution in [1.82, 2.24) is 0 Å². The summed E-state index contributed by atoms with van der Waals surface area (Å²) >= 11 is 6.24. The molecule has 128 valence electrons. The summed E-state index contributed by atoms with van der Waals surface area (Å²) in [5, 5.41) is 0.452. The fourth-order valence-electron chi connectivity index (χ4n) is 3.16. The van der Waals surface area contributed by atoms with E-state index in [0.29, 0.717) is 22.9 Å². The van der Waals surface area contributed by atoms with Gasteiger partial charge in [0, 0.05) is 12.1 Å². The molecule has 0 aliphatic carbocycles. The Hall–Kier alpha value is -2.24. The summed E-state index contributed by atoms with van der Waals surface area (Å²) in [6, 6.07) is 15.9. The summed E-state index contributed by atoms with van der Waals surface area (Å²) in [4.78, 5) is 0.208. The lowest BCUT2D eigenvalue weighted by atomic mass is 10.0. The van der Waals surface area contributed by atoms with E-state index in [1.165, 1.54) is 10.6 Å². The number of nitrogens with zero attached hydrogens (tertiary/aromatic N) is 1. The zero-order chi connectivity index (χ0) is 17.4. The van der Waals surface area contributed by atoms with Crippen LogP contribution in [0.25, 0.3) is 11.3 Å². The molecule has 1 aliphatic rings. The molecule has 1 aliphatic heterocycles. The van der Waals surface area contributed by atoms with Gasteiger partial charge in [-0.1, -0.05) is 29.8 Å². The van der Waals surface area contributed by atoms with Crippen molar-refractivity contribution in [2.45, 2.75) is 17.7 Å². The Bertz CT molecular complexity index is 1010. The molecule has 0 unspecified atom stereocenters. The first-order valence-electron chi connectivity index (χ1n) is 8.01. The lowest BCUT2D eigenvalue weighted by molar-refractivity contribution is 0.581. The lowest BCUT2D eigenvalue weighted by Crippen LogP contribution is -2.35. The first kappa shape index (κ1) is 16.2. The van der Waals surface area contributed by atoms with Crippen LogP contribution in [0.4, 0.5) is 5.69 Å². The number of anilines is 1. The summed E-state index contributed by atoms with van der Waals surface area (Å²) in [6.45, 7) is 0.470. The molecule has 2 aromatic carbocycles. The van der Waals surface area contributed by atoms with E-state index in [2.05, 4.69) is 0 Å². The number of hydrogen-bond donors (Lipinski definition) is 0. The second-order valence-corrected chi connectivity index (χ2v) is 8.20. The van der Waals surface area contributed by atoms with Gasteiger partial charge < -0.3 is 4.42 Å². The van der Waals surface area contributed by atoms with Crippen LogP contribution in [0, 0.1) is 0 Å². The summed E-state index contributed by atoms with van der Waals surface area (Å²) in [6.07, 6.45) is 3.23. The smallest absolute Gasteiger partial charge is 0.264 e. The molecule has 2 heterocycles. The van der Waals surface area contributed by atoms with E-state index in [9.17, 15) is 8.42 Å². The molecule has 0 saturated carbocycles. The summed E-state index contributed by atoms with van der Waals surface area (Å²) in [5.41, 5.74) is 2.37. The molecule has 0 saturated heterocycles. The molecule has 1 aromatic heterocycles. The van der Waals surface area contributed by atoms with E-state index < -0.39 is 10.0 Å². The highest BCUT2D eigenvalue weighted by molar-refractivity contribution is 7.92. The van der Waals surface area contributed by atoms with Crippen LogP contribution in [-0.4, -0.2) is 15.0 Å². The van der Waals surface area contributed by atoms with E-state index in [1.807, 2.05) is 24.3 Å². The molecule has 0 atom stereocenters. The average Bonchev–Trinajstić information content (AvgIpc) is 3.16. The topological polar surface area (TPSA) is 50.5 Å². The van der Waals surface area contributed by atoms with Gasteiger partial charge in [0.1, 0.15) is 5.76 Å². The van der Waals surface area contributed by atoms with Crippen LogP contribution >= 0.6 is 11.6 Å². The Morgan fingerprint density at radius 3 is 2.68 bits per heavy atom. The number of para-hydroxylation sites is 1. The number of aryl methyl sites for hydroxylation is 1. The Morgan fingerprint density at radius 2 is 1.88 bits per heavy atom. The van der Waals surface area contributed by atoms with Gasteiger partial charge in [-0.05, 0) is 54.8 Å². The van der Waals surface area contributed by atoms with Crippen molar-refractivity contribution >= 4 is 27.3 Å². The van der Waals surface area contributed by atoms with Crippen molar-refractivity contribution in [2.24, 2.45) is 0 Å². The van der Waals surface area contributed by atoms with E-state index in [1.54, 1.807) is 30.3 Å². The van der Waals surface area contributed by atoms with Gasteiger partial charge in [0.25, 0.3) is 10.0 Å². The summed E-state index contributed by atoms with van der Waals surface area (Å²) < 4.78 is 33.3. The quantitative estimate of drug-likeness (QED) is 0.666. The van der Waals surface area contributed by atoms with Crippen molar-refractivity contribution in [3.8, 4) is 11.3 Å². The first-order chi connectivity index (χ1) is 12.1. The van der Waals surface area contributed by atoms with Crippen molar-refractivity contribution in [3.63, 3.8) is 0 Å². The Balaban J connectivity index is 1.81. The maximum absolute atomic E-state index is 13.2. The highest BCUT2D eigenvalue weighted by atomic mass is 35.5.